The summed E-state index contributed by atoms with van der Waals surface area (Å²) in [5.74, 6) is 2.81. The summed E-state index contributed by atoms with van der Waals surface area (Å²) in [6, 6.07) is 15.8. The van der Waals surface area contributed by atoms with E-state index in [0.717, 1.165) is 31.0 Å². The number of nitrogens with zero attached hydrogens (tertiary/aromatic N) is 4. The van der Waals surface area contributed by atoms with Crippen molar-refractivity contribution in [3.05, 3.63) is 60.6 Å². The van der Waals surface area contributed by atoms with E-state index in [2.05, 4.69) is 25.4 Å². The quantitative estimate of drug-likeness (QED) is 0.747. The van der Waals surface area contributed by atoms with Gasteiger partial charge in [-0.3, -0.25) is 4.90 Å². The number of hydrogen-bond acceptors (Lipinski definition) is 6. The third kappa shape index (κ3) is 4.03. The van der Waals surface area contributed by atoms with E-state index >= 15 is 0 Å². The van der Waals surface area contributed by atoms with Gasteiger partial charge in [-0.2, -0.15) is 0 Å². The van der Waals surface area contributed by atoms with Crippen molar-refractivity contribution in [2.75, 3.05) is 25.0 Å². The fourth-order valence-electron chi connectivity index (χ4n) is 3.15. The van der Waals surface area contributed by atoms with E-state index in [1.807, 2.05) is 54.7 Å². The zero-order valence-corrected chi connectivity index (χ0v) is 14.0. The average molecular weight is 335 g/mol. The molecule has 1 aromatic carbocycles. The lowest BCUT2D eigenvalue weighted by Crippen LogP contribution is -2.23. The number of benzene rings is 1. The number of aromatic nitrogens is 3. The summed E-state index contributed by atoms with van der Waals surface area (Å²) in [4.78, 5) is 6.67. The molecule has 3 heterocycles. The summed E-state index contributed by atoms with van der Waals surface area (Å²) < 4.78 is 5.81. The summed E-state index contributed by atoms with van der Waals surface area (Å²) in [6.07, 6.45) is 2.97. The van der Waals surface area contributed by atoms with Gasteiger partial charge in [-0.1, -0.05) is 24.3 Å². The van der Waals surface area contributed by atoms with Gasteiger partial charge in [-0.15, -0.1) is 10.2 Å². The molecule has 3 aromatic rings. The first-order chi connectivity index (χ1) is 12.4. The van der Waals surface area contributed by atoms with Gasteiger partial charge in [-0.05, 0) is 43.1 Å². The molecular formula is C19H21N5O. The first-order valence-electron chi connectivity index (χ1n) is 8.62. The van der Waals surface area contributed by atoms with Crippen molar-refractivity contribution >= 4 is 5.82 Å². The largest absolute Gasteiger partial charge is 0.419 e. The van der Waals surface area contributed by atoms with Gasteiger partial charge in [-0.25, -0.2) is 4.98 Å². The molecule has 6 nitrogen and oxygen atoms in total. The molecule has 0 spiro atoms. The van der Waals surface area contributed by atoms with Crippen LogP contribution in [0.3, 0.4) is 0 Å². The average Bonchev–Trinajstić information content (AvgIpc) is 3.32. The highest BCUT2D eigenvalue weighted by atomic mass is 16.4. The molecule has 1 fully saturated rings. The molecule has 0 amide bonds. The third-order valence-corrected chi connectivity index (χ3v) is 4.45. The Kier molecular flexibility index (Phi) is 4.70. The topological polar surface area (TPSA) is 67.1 Å². The minimum Gasteiger partial charge on any atom is -0.419 e. The van der Waals surface area contributed by atoms with E-state index < -0.39 is 0 Å². The van der Waals surface area contributed by atoms with Crippen molar-refractivity contribution < 1.29 is 4.42 Å². The lowest BCUT2D eigenvalue weighted by atomic mass is 10.1. The van der Waals surface area contributed by atoms with Crippen molar-refractivity contribution in [2.45, 2.75) is 13.0 Å². The van der Waals surface area contributed by atoms with Crippen LogP contribution < -0.4 is 5.32 Å². The highest BCUT2D eigenvalue weighted by Crippen LogP contribution is 2.21. The van der Waals surface area contributed by atoms with E-state index in [9.17, 15) is 0 Å². The molecule has 0 radical (unpaired) electrons. The zero-order valence-electron chi connectivity index (χ0n) is 14.0. The predicted octanol–water partition coefficient (Wildman–Crippen LogP) is 3.07. The first-order valence-corrected chi connectivity index (χ1v) is 8.62. The van der Waals surface area contributed by atoms with Crippen molar-refractivity contribution in [2.24, 2.45) is 5.92 Å². The number of likely N-dealkylation sites (tertiary alicyclic amines) is 1. The Balaban J connectivity index is 1.29. The molecule has 1 aliphatic rings. The molecule has 128 valence electrons. The van der Waals surface area contributed by atoms with Crippen LogP contribution >= 0.6 is 0 Å². The minimum absolute atomic E-state index is 0.586. The normalized spacial score (nSPS) is 17.7. The number of nitrogens with one attached hydrogen (secondary N) is 1. The lowest BCUT2D eigenvalue weighted by Gasteiger charge is -2.14. The Morgan fingerprint density at radius 3 is 2.80 bits per heavy atom. The molecule has 1 N–H and O–H groups in total. The van der Waals surface area contributed by atoms with Crippen LogP contribution in [0.15, 0.2) is 59.1 Å². The van der Waals surface area contributed by atoms with Crippen molar-refractivity contribution in [3.63, 3.8) is 0 Å². The second-order valence-corrected chi connectivity index (χ2v) is 6.35. The molecule has 1 atom stereocenters. The van der Waals surface area contributed by atoms with E-state index in [4.69, 9.17) is 4.42 Å². The Morgan fingerprint density at radius 2 is 1.96 bits per heavy atom. The van der Waals surface area contributed by atoms with Gasteiger partial charge in [0.15, 0.2) is 0 Å². The van der Waals surface area contributed by atoms with E-state index in [1.165, 1.54) is 6.42 Å². The maximum absolute atomic E-state index is 5.81. The maximum atomic E-state index is 5.81. The van der Waals surface area contributed by atoms with Crippen LogP contribution in [-0.4, -0.2) is 39.7 Å². The Bertz CT molecular complexity index is 790. The van der Waals surface area contributed by atoms with Gasteiger partial charge in [0.25, 0.3) is 0 Å². The third-order valence-electron chi connectivity index (χ3n) is 4.45. The molecule has 1 aliphatic heterocycles. The lowest BCUT2D eigenvalue weighted by molar-refractivity contribution is 0.283. The van der Waals surface area contributed by atoms with E-state index in [-0.39, 0.29) is 0 Å². The van der Waals surface area contributed by atoms with Crippen LogP contribution in [-0.2, 0) is 6.54 Å². The van der Waals surface area contributed by atoms with Crippen molar-refractivity contribution in [1.82, 2.24) is 20.1 Å². The molecule has 1 saturated heterocycles. The molecule has 0 aliphatic carbocycles. The molecular weight excluding hydrogens is 314 g/mol. The molecule has 2 aromatic heterocycles. The van der Waals surface area contributed by atoms with Crippen LogP contribution in [0.1, 0.15) is 12.3 Å². The van der Waals surface area contributed by atoms with E-state index in [0.29, 0.717) is 24.2 Å². The Morgan fingerprint density at radius 1 is 1.08 bits per heavy atom. The van der Waals surface area contributed by atoms with Crippen LogP contribution in [0, 0.1) is 5.92 Å². The maximum Gasteiger partial charge on any atom is 0.247 e. The summed E-state index contributed by atoms with van der Waals surface area (Å²) in [7, 11) is 0. The highest BCUT2D eigenvalue weighted by molar-refractivity contribution is 5.51. The molecule has 4 rings (SSSR count). The smallest absolute Gasteiger partial charge is 0.247 e. The molecule has 1 unspecified atom stereocenters. The van der Waals surface area contributed by atoms with Crippen LogP contribution in [0.4, 0.5) is 5.82 Å². The standard InChI is InChI=1S/C19H21N5O/c1-2-6-16(7-3-1)19-23-22-18(25-19)14-24-11-9-15(13-24)12-21-17-8-4-5-10-20-17/h1-8,10,15H,9,11-14H2,(H,20,21). The highest BCUT2D eigenvalue weighted by Gasteiger charge is 2.24. The molecule has 25 heavy (non-hydrogen) atoms. The monoisotopic (exact) mass is 335 g/mol. The molecule has 0 saturated carbocycles. The summed E-state index contributed by atoms with van der Waals surface area (Å²) in [5.41, 5.74) is 0.958. The predicted molar refractivity (Wildman–Crippen MR) is 95.8 cm³/mol. The second kappa shape index (κ2) is 7.44. The SMILES string of the molecule is c1ccc(-c2nnc(CN3CCC(CNc4ccccn4)C3)o2)cc1. The van der Waals surface area contributed by atoms with Crippen LogP contribution in [0.5, 0.6) is 0 Å². The van der Waals surface area contributed by atoms with Gasteiger partial charge in [0, 0.05) is 24.8 Å². The summed E-state index contributed by atoms with van der Waals surface area (Å²) in [5, 5.41) is 11.8. The van der Waals surface area contributed by atoms with Gasteiger partial charge in [0.1, 0.15) is 5.82 Å². The van der Waals surface area contributed by atoms with Gasteiger partial charge in [0.2, 0.25) is 11.8 Å². The van der Waals surface area contributed by atoms with E-state index in [1.54, 1.807) is 0 Å². The molecule has 6 heteroatoms. The van der Waals surface area contributed by atoms with Crippen LogP contribution in [0.25, 0.3) is 11.5 Å². The second-order valence-electron chi connectivity index (χ2n) is 6.35. The summed E-state index contributed by atoms with van der Waals surface area (Å²) >= 11 is 0. The van der Waals surface area contributed by atoms with Gasteiger partial charge < -0.3 is 9.73 Å². The number of hydrogen-bond donors (Lipinski definition) is 1. The Hall–Kier alpha value is -2.73. The van der Waals surface area contributed by atoms with Gasteiger partial charge in [0.05, 0.1) is 6.54 Å². The van der Waals surface area contributed by atoms with Crippen molar-refractivity contribution in [3.8, 4) is 11.5 Å². The molecule has 0 bridgehead atoms. The zero-order chi connectivity index (χ0) is 16.9. The number of pyridine rings is 1. The number of rotatable bonds is 6. The fraction of sp³-hybridized carbons (Fsp3) is 0.316. The van der Waals surface area contributed by atoms with Crippen molar-refractivity contribution in [1.29, 1.82) is 0 Å². The summed E-state index contributed by atoms with van der Waals surface area (Å²) in [6.45, 7) is 3.73. The van der Waals surface area contributed by atoms with Gasteiger partial charge >= 0.3 is 0 Å². The number of anilines is 1. The fourth-order valence-corrected chi connectivity index (χ4v) is 3.15. The van der Waals surface area contributed by atoms with Crippen LogP contribution in [0.2, 0.25) is 0 Å². The Labute approximate surface area is 146 Å². The first kappa shape index (κ1) is 15.8. The minimum atomic E-state index is 0.586.